The highest BCUT2D eigenvalue weighted by Gasteiger charge is 2.13. The van der Waals surface area contributed by atoms with Gasteiger partial charge in [0.05, 0.1) is 6.61 Å². The summed E-state index contributed by atoms with van der Waals surface area (Å²) in [5.74, 6) is 0. The van der Waals surface area contributed by atoms with E-state index in [0.717, 1.165) is 11.8 Å². The molecule has 2 N–H and O–H groups in total. The van der Waals surface area contributed by atoms with E-state index in [4.69, 9.17) is 5.14 Å². The lowest BCUT2D eigenvalue weighted by Gasteiger charge is -2.11. The average molecular weight is 243 g/mol. The van der Waals surface area contributed by atoms with E-state index in [2.05, 4.69) is 9.47 Å². The summed E-state index contributed by atoms with van der Waals surface area (Å²) in [6, 6.07) is 0. The highest BCUT2D eigenvalue weighted by Crippen LogP contribution is 2.13. The summed E-state index contributed by atoms with van der Waals surface area (Å²) >= 11 is 0.902. The van der Waals surface area contributed by atoms with E-state index in [0.29, 0.717) is 0 Å². The molecule has 0 aliphatic rings. The topological polar surface area (TPSA) is 95.7 Å². The smallest absolute Gasteiger partial charge is 0.435 e. The van der Waals surface area contributed by atoms with Crippen molar-refractivity contribution in [2.24, 2.45) is 5.14 Å². The maximum absolute atomic E-state index is 10.7. The van der Waals surface area contributed by atoms with Gasteiger partial charge >= 0.3 is 6.16 Å². The van der Waals surface area contributed by atoms with Crippen LogP contribution >= 0.6 is 11.8 Å². The number of ether oxygens (including phenoxy) is 2. The molecule has 0 aromatic heterocycles. The van der Waals surface area contributed by atoms with E-state index in [-0.39, 0.29) is 11.7 Å². The predicted molar refractivity (Wildman–Crippen MR) is 53.1 cm³/mol. The van der Waals surface area contributed by atoms with Crippen LogP contribution in [0.3, 0.4) is 0 Å². The Morgan fingerprint density at radius 2 is 2.14 bits per heavy atom. The van der Waals surface area contributed by atoms with Crippen molar-refractivity contribution in [3.05, 3.63) is 0 Å². The van der Waals surface area contributed by atoms with Crippen LogP contribution < -0.4 is 5.14 Å². The molecule has 0 bridgehead atoms. The van der Waals surface area contributed by atoms with Crippen LogP contribution in [0, 0.1) is 0 Å². The second-order valence-corrected chi connectivity index (χ2v) is 5.58. The van der Waals surface area contributed by atoms with E-state index in [1.807, 2.05) is 0 Å². The standard InChI is InChI=1S/C6H13NO5S2/c1-3-11-6(8)12-5(2)13-4-14(7,9)10/h5H,3-4H2,1-2H3,(H2,7,9,10). The molecule has 0 aromatic carbocycles. The van der Waals surface area contributed by atoms with Crippen LogP contribution in [-0.2, 0) is 19.5 Å². The molecule has 0 aliphatic heterocycles. The second kappa shape index (κ2) is 6.10. The van der Waals surface area contributed by atoms with Gasteiger partial charge in [0, 0.05) is 0 Å². The summed E-state index contributed by atoms with van der Waals surface area (Å²) < 4.78 is 30.2. The number of thioether (sulfide) groups is 1. The fourth-order valence-electron chi connectivity index (χ4n) is 0.512. The molecular formula is C6H13NO5S2. The molecule has 0 aromatic rings. The fraction of sp³-hybridized carbons (Fsp3) is 0.833. The molecule has 84 valence electrons. The van der Waals surface area contributed by atoms with E-state index in [1.54, 1.807) is 6.92 Å². The van der Waals surface area contributed by atoms with Gasteiger partial charge < -0.3 is 9.47 Å². The lowest BCUT2D eigenvalue weighted by Crippen LogP contribution is -2.19. The first-order valence-electron chi connectivity index (χ1n) is 3.80. The summed E-state index contributed by atoms with van der Waals surface area (Å²) in [7, 11) is -3.54. The van der Waals surface area contributed by atoms with Crippen LogP contribution in [0.5, 0.6) is 0 Å². The third kappa shape index (κ3) is 8.14. The summed E-state index contributed by atoms with van der Waals surface area (Å²) in [4.78, 5) is 10.7. The Morgan fingerprint density at radius 3 is 2.57 bits per heavy atom. The van der Waals surface area contributed by atoms with Gasteiger partial charge in [0.25, 0.3) is 0 Å². The molecule has 0 aliphatic carbocycles. The Kier molecular flexibility index (Phi) is 5.89. The molecule has 1 unspecified atom stereocenters. The van der Waals surface area contributed by atoms with E-state index >= 15 is 0 Å². The van der Waals surface area contributed by atoms with Crippen molar-refractivity contribution in [1.82, 2.24) is 0 Å². The molecule has 0 saturated carbocycles. The normalized spacial score (nSPS) is 13.4. The molecule has 0 spiro atoms. The minimum atomic E-state index is -3.54. The maximum atomic E-state index is 10.7. The minimum Gasteiger partial charge on any atom is -0.435 e. The quantitative estimate of drug-likeness (QED) is 0.557. The van der Waals surface area contributed by atoms with Crippen molar-refractivity contribution in [2.45, 2.75) is 19.3 Å². The first kappa shape index (κ1) is 13.5. The van der Waals surface area contributed by atoms with Crippen molar-refractivity contribution in [2.75, 3.05) is 11.7 Å². The highest BCUT2D eigenvalue weighted by molar-refractivity contribution is 8.11. The Bertz CT molecular complexity index is 276. The molecular weight excluding hydrogens is 230 g/mol. The van der Waals surface area contributed by atoms with Crippen molar-refractivity contribution in [3.8, 4) is 0 Å². The number of rotatable bonds is 5. The van der Waals surface area contributed by atoms with Crippen molar-refractivity contribution in [1.29, 1.82) is 0 Å². The lowest BCUT2D eigenvalue weighted by molar-refractivity contribution is 0.0552. The summed E-state index contributed by atoms with van der Waals surface area (Å²) in [5.41, 5.74) is -0.604. The Hall–Kier alpha value is -0.470. The van der Waals surface area contributed by atoms with Gasteiger partial charge in [-0.05, 0) is 13.8 Å². The van der Waals surface area contributed by atoms with Crippen LogP contribution in [0.1, 0.15) is 13.8 Å². The van der Waals surface area contributed by atoms with Gasteiger partial charge in [-0.3, -0.25) is 0 Å². The zero-order chi connectivity index (χ0) is 11.2. The lowest BCUT2D eigenvalue weighted by atomic mass is 10.8. The van der Waals surface area contributed by atoms with E-state index in [9.17, 15) is 13.2 Å². The zero-order valence-electron chi connectivity index (χ0n) is 7.93. The summed E-state index contributed by atoms with van der Waals surface area (Å²) in [5, 5.41) is 4.45. The van der Waals surface area contributed by atoms with Crippen molar-refractivity contribution in [3.63, 3.8) is 0 Å². The Morgan fingerprint density at radius 1 is 1.57 bits per heavy atom. The molecule has 0 rings (SSSR count). The van der Waals surface area contributed by atoms with Gasteiger partial charge in [-0.15, -0.1) is 11.8 Å². The minimum absolute atomic E-state index is 0.214. The Labute approximate surface area is 87.2 Å². The van der Waals surface area contributed by atoms with Gasteiger partial charge in [0.1, 0.15) is 10.5 Å². The number of carbonyl (C=O) groups excluding carboxylic acids is 1. The SMILES string of the molecule is CCOC(=O)OC(C)SCS(N)(=O)=O. The molecule has 6 nitrogen and oxygen atoms in total. The molecule has 0 amide bonds. The van der Waals surface area contributed by atoms with Crippen molar-refractivity contribution < 1.29 is 22.7 Å². The van der Waals surface area contributed by atoms with Crippen LogP contribution in [0.15, 0.2) is 0 Å². The first-order valence-corrected chi connectivity index (χ1v) is 6.57. The number of sulfonamides is 1. The number of hydrogen-bond donors (Lipinski definition) is 1. The van der Waals surface area contributed by atoms with Crippen LogP contribution in [-0.4, -0.2) is 31.7 Å². The summed E-state index contributed by atoms with van der Waals surface area (Å²) in [6.07, 6.45) is -0.818. The second-order valence-electron chi connectivity index (χ2n) is 2.32. The molecule has 0 saturated heterocycles. The summed E-state index contributed by atoms with van der Waals surface area (Å²) in [6.45, 7) is 3.39. The maximum Gasteiger partial charge on any atom is 0.509 e. The van der Waals surface area contributed by atoms with Crippen LogP contribution in [0.4, 0.5) is 4.79 Å². The molecule has 1 atom stereocenters. The van der Waals surface area contributed by atoms with E-state index < -0.39 is 21.6 Å². The number of nitrogens with two attached hydrogens (primary N) is 1. The molecule has 0 heterocycles. The van der Waals surface area contributed by atoms with Crippen LogP contribution in [0.25, 0.3) is 0 Å². The fourth-order valence-corrected chi connectivity index (χ4v) is 2.18. The molecule has 8 heteroatoms. The van der Waals surface area contributed by atoms with Gasteiger partial charge in [0.15, 0.2) is 0 Å². The van der Waals surface area contributed by atoms with Gasteiger partial charge in [0.2, 0.25) is 10.0 Å². The monoisotopic (exact) mass is 243 g/mol. The van der Waals surface area contributed by atoms with Gasteiger partial charge in [-0.1, -0.05) is 0 Å². The van der Waals surface area contributed by atoms with Crippen LogP contribution in [0.2, 0.25) is 0 Å². The average Bonchev–Trinajstić information content (AvgIpc) is 2.00. The third-order valence-corrected chi connectivity index (χ3v) is 3.42. The van der Waals surface area contributed by atoms with Gasteiger partial charge in [-0.2, -0.15) is 0 Å². The molecule has 0 radical (unpaired) electrons. The molecule has 14 heavy (non-hydrogen) atoms. The Balaban J connectivity index is 3.76. The van der Waals surface area contributed by atoms with Crippen molar-refractivity contribution >= 4 is 27.9 Å². The number of carbonyl (C=O) groups is 1. The largest absolute Gasteiger partial charge is 0.509 e. The number of primary sulfonamides is 1. The predicted octanol–water partition coefficient (Wildman–Crippen LogP) is 0.485. The molecule has 0 fully saturated rings. The van der Waals surface area contributed by atoms with Gasteiger partial charge in [-0.25, -0.2) is 18.4 Å². The first-order chi connectivity index (χ1) is 6.35. The zero-order valence-corrected chi connectivity index (χ0v) is 9.56. The third-order valence-electron chi connectivity index (χ3n) is 0.991. The number of hydrogen-bond acceptors (Lipinski definition) is 6. The highest BCUT2D eigenvalue weighted by atomic mass is 32.3. The van der Waals surface area contributed by atoms with E-state index in [1.165, 1.54) is 6.92 Å².